The van der Waals surface area contributed by atoms with Gasteiger partial charge in [-0.25, -0.2) is 24.7 Å². The summed E-state index contributed by atoms with van der Waals surface area (Å²) in [6.07, 6.45) is 19.2. The van der Waals surface area contributed by atoms with Crippen molar-refractivity contribution in [1.82, 2.24) is 94.4 Å². The highest BCUT2D eigenvalue weighted by Crippen LogP contribution is 2.20. The van der Waals surface area contributed by atoms with E-state index >= 15 is 0 Å². The number of anilines is 4. The second-order valence-corrected chi connectivity index (χ2v) is 15.9. The molecule has 0 aromatic carbocycles. The topological polar surface area (TPSA) is 347 Å². The second kappa shape index (κ2) is 21.5. The van der Waals surface area contributed by atoms with Crippen LogP contribution in [0.1, 0.15) is 59.3 Å². The van der Waals surface area contributed by atoms with Gasteiger partial charge in [0.05, 0.1) is 60.9 Å². The minimum absolute atomic E-state index is 0.0846. The van der Waals surface area contributed by atoms with Gasteiger partial charge >= 0.3 is 18.0 Å². The Labute approximate surface area is 380 Å². The Balaban J connectivity index is 0.000000203. The monoisotopic (exact) mass is 922 g/mol. The summed E-state index contributed by atoms with van der Waals surface area (Å²) in [5.74, 6) is -0.673. The van der Waals surface area contributed by atoms with Crippen LogP contribution < -0.4 is 21.7 Å². The molecule has 0 spiro atoms. The van der Waals surface area contributed by atoms with Crippen LogP contribution in [-0.2, 0) is 40.5 Å². The lowest BCUT2D eigenvalue weighted by molar-refractivity contribution is -0.138. The second-order valence-electron chi connectivity index (χ2n) is 15.9. The van der Waals surface area contributed by atoms with Crippen molar-refractivity contribution in [2.45, 2.75) is 91.1 Å². The molecule has 0 saturated carbocycles. The van der Waals surface area contributed by atoms with E-state index in [1.807, 2.05) is 33.2 Å². The molecule has 8 aromatic heterocycles. The highest BCUT2D eigenvalue weighted by molar-refractivity contribution is 5.71. The Kier molecular flexibility index (Phi) is 14.9. The molecule has 7 N–H and O–H groups in total. The molecule has 0 aliphatic rings. The van der Waals surface area contributed by atoms with Crippen molar-refractivity contribution in [3.63, 3.8) is 0 Å². The summed E-state index contributed by atoms with van der Waals surface area (Å²) < 4.78 is 15.2. The summed E-state index contributed by atoms with van der Waals surface area (Å²) in [5.41, 5.74) is 9.55. The zero-order valence-electron chi connectivity index (χ0n) is 36.9. The van der Waals surface area contributed by atoms with E-state index in [0.29, 0.717) is 103 Å². The molecule has 8 rings (SSSR count). The number of carboxylic acid groups (broad SMARTS) is 2. The predicted molar refractivity (Wildman–Crippen MR) is 238 cm³/mol. The average Bonchev–Trinajstić information content (AvgIpc) is 4.15. The molecule has 28 nitrogen and oxygen atoms in total. The van der Waals surface area contributed by atoms with E-state index in [0.717, 1.165) is 18.7 Å². The van der Waals surface area contributed by atoms with Crippen molar-refractivity contribution in [3.8, 4) is 11.4 Å². The predicted octanol–water partition coefficient (Wildman–Crippen LogP) is 2.69. The van der Waals surface area contributed by atoms with Gasteiger partial charge in [-0.3, -0.25) is 28.3 Å². The number of aromatic nitrogens is 18. The highest BCUT2D eigenvalue weighted by Gasteiger charge is 2.17. The number of fused-ring (bicyclic) bond motifs is 2. The van der Waals surface area contributed by atoms with Gasteiger partial charge in [0.25, 0.3) is 0 Å². The Morgan fingerprint density at radius 3 is 1.54 bits per heavy atom. The normalized spacial score (nSPS) is 11.4. The third-order valence-electron chi connectivity index (χ3n) is 9.25. The van der Waals surface area contributed by atoms with E-state index in [4.69, 9.17) is 20.7 Å². The van der Waals surface area contributed by atoms with Crippen LogP contribution in [0.5, 0.6) is 0 Å². The van der Waals surface area contributed by atoms with Crippen LogP contribution in [0.25, 0.3) is 34.0 Å². The van der Waals surface area contributed by atoms with Crippen molar-refractivity contribution >= 4 is 63.6 Å². The quantitative estimate of drug-likeness (QED) is 0.0564. The lowest BCUT2D eigenvalue weighted by Crippen LogP contribution is -2.33. The third-order valence-corrected chi connectivity index (χ3v) is 9.25. The number of alkyl carbamates (subject to hydrolysis) is 1. The maximum absolute atomic E-state index is 11.7. The van der Waals surface area contributed by atoms with Gasteiger partial charge in [0.2, 0.25) is 22.6 Å². The fraction of sp³-hybridized carbons (Fsp3) is 0.410. The standard InChI is InChI=1S/C22H29N11O4.C17H21N11O2/c1-22(2,3)37-21(36)23-7-5-9-32-14-16(11-26-32)33-20-19(29-30-33)24-12-17(28-20)27-15-10-25-31(13-15)8-4-6-18(34)35;18-4-2-6-27-11-13(8-21-27)28-17-16(24-25-28)19-9-14(23-17)22-12-7-20-26(10-12)5-1-3-15(29)30/h10-14H,4-9H2,1-3H3,(H,23,36)(H,27,28)(H,34,35);7-11H,1-6,18H2,(H,22,23)(H,29,30). The van der Waals surface area contributed by atoms with Crippen molar-refractivity contribution in [1.29, 1.82) is 0 Å². The zero-order chi connectivity index (χ0) is 47.3. The van der Waals surface area contributed by atoms with Crippen LogP contribution in [-0.4, -0.2) is 136 Å². The molecule has 352 valence electrons. The first kappa shape index (κ1) is 46.6. The number of hydrogen-bond donors (Lipinski definition) is 6. The summed E-state index contributed by atoms with van der Waals surface area (Å²) in [7, 11) is 0. The number of carboxylic acids is 2. The van der Waals surface area contributed by atoms with Crippen LogP contribution in [0.3, 0.4) is 0 Å². The number of rotatable bonds is 21. The van der Waals surface area contributed by atoms with Gasteiger partial charge in [0.15, 0.2) is 11.6 Å². The zero-order valence-corrected chi connectivity index (χ0v) is 36.9. The van der Waals surface area contributed by atoms with E-state index in [2.05, 4.69) is 76.9 Å². The van der Waals surface area contributed by atoms with Crippen LogP contribution in [0.4, 0.5) is 27.8 Å². The number of carbonyl (C=O) groups is 3. The molecule has 0 fully saturated rings. The lowest BCUT2D eigenvalue weighted by Gasteiger charge is -2.19. The van der Waals surface area contributed by atoms with Crippen LogP contribution in [0.2, 0.25) is 0 Å². The number of nitrogens with zero attached hydrogens (tertiary/aromatic N) is 18. The molecule has 0 aliphatic heterocycles. The van der Waals surface area contributed by atoms with Gasteiger partial charge < -0.3 is 36.6 Å². The maximum atomic E-state index is 11.7. The van der Waals surface area contributed by atoms with E-state index in [-0.39, 0.29) is 12.8 Å². The van der Waals surface area contributed by atoms with Crippen molar-refractivity contribution in [3.05, 3.63) is 62.0 Å². The van der Waals surface area contributed by atoms with Crippen molar-refractivity contribution in [2.24, 2.45) is 5.73 Å². The molecule has 0 unspecified atom stereocenters. The molecule has 0 radical (unpaired) electrons. The molecule has 8 heterocycles. The van der Waals surface area contributed by atoms with Gasteiger partial charge in [-0.2, -0.15) is 29.8 Å². The molecule has 8 aromatic rings. The smallest absolute Gasteiger partial charge is 0.407 e. The molecule has 28 heteroatoms. The van der Waals surface area contributed by atoms with Crippen LogP contribution in [0.15, 0.2) is 62.0 Å². The Bertz CT molecular complexity index is 2900. The minimum Gasteiger partial charge on any atom is -0.481 e. The highest BCUT2D eigenvalue weighted by atomic mass is 16.6. The Morgan fingerprint density at radius 2 is 1.07 bits per heavy atom. The summed E-state index contributed by atoms with van der Waals surface area (Å²) in [6, 6.07) is 0. The van der Waals surface area contributed by atoms with E-state index in [1.165, 1.54) is 0 Å². The maximum Gasteiger partial charge on any atom is 0.407 e. The van der Waals surface area contributed by atoms with E-state index in [1.54, 1.807) is 77.7 Å². The van der Waals surface area contributed by atoms with E-state index in [9.17, 15) is 14.4 Å². The first-order chi connectivity index (χ1) is 32.3. The molecule has 67 heavy (non-hydrogen) atoms. The first-order valence-corrected chi connectivity index (χ1v) is 21.2. The Hall–Kier alpha value is -8.43. The summed E-state index contributed by atoms with van der Waals surface area (Å²) >= 11 is 0. The first-order valence-electron chi connectivity index (χ1n) is 21.2. The van der Waals surface area contributed by atoms with Crippen molar-refractivity contribution in [2.75, 3.05) is 23.7 Å². The number of amides is 1. The largest absolute Gasteiger partial charge is 0.481 e. The number of carbonyl (C=O) groups excluding carboxylic acids is 1. The molecule has 0 atom stereocenters. The lowest BCUT2D eigenvalue weighted by atomic mass is 10.2. The molecule has 0 aliphatic carbocycles. The van der Waals surface area contributed by atoms with E-state index < -0.39 is 23.6 Å². The molecular weight excluding hydrogens is 873 g/mol. The number of hydrogen-bond acceptors (Lipinski definition) is 19. The number of nitrogens with two attached hydrogens (primary N) is 1. The Morgan fingerprint density at radius 1 is 0.627 bits per heavy atom. The van der Waals surface area contributed by atoms with Gasteiger partial charge in [-0.05, 0) is 53.0 Å². The fourth-order valence-electron chi connectivity index (χ4n) is 6.25. The summed E-state index contributed by atoms with van der Waals surface area (Å²) in [4.78, 5) is 50.8. The molecule has 1 amide bonds. The SMILES string of the molecule is CC(C)(C)OC(=O)NCCCn1cc(-n2nnc3ncc(Nc4cnn(CCCC(=O)O)c4)nc32)cn1.NCCCn1cc(-n2nnc3ncc(Nc4cnn(CCCC(=O)O)c4)nc32)cn1. The van der Waals surface area contributed by atoms with Gasteiger partial charge in [0, 0.05) is 58.0 Å². The number of aliphatic carboxylic acids is 2. The fourth-order valence-corrected chi connectivity index (χ4v) is 6.25. The third kappa shape index (κ3) is 13.3. The van der Waals surface area contributed by atoms with Crippen molar-refractivity contribution < 1.29 is 29.3 Å². The molecular formula is C39H50N22O6. The number of ether oxygens (including phenoxy) is 1. The minimum atomic E-state index is -0.833. The van der Waals surface area contributed by atoms with Crippen LogP contribution in [0, 0.1) is 0 Å². The number of aryl methyl sites for hydroxylation is 4. The van der Waals surface area contributed by atoms with Gasteiger partial charge in [-0.15, -0.1) is 10.2 Å². The molecule has 0 bridgehead atoms. The number of nitrogens with one attached hydrogen (secondary N) is 3. The summed E-state index contributed by atoms with van der Waals surface area (Å²) in [5, 5.41) is 60.0. The van der Waals surface area contributed by atoms with Gasteiger partial charge in [-0.1, -0.05) is 10.4 Å². The van der Waals surface area contributed by atoms with Crippen LogP contribution >= 0.6 is 0 Å². The summed E-state index contributed by atoms with van der Waals surface area (Å²) in [6.45, 7) is 8.81. The molecule has 0 saturated heterocycles. The average molecular weight is 923 g/mol. The van der Waals surface area contributed by atoms with Gasteiger partial charge in [0.1, 0.15) is 17.0 Å².